The number of ether oxygens (including phenoxy) is 3. The number of phenols is 1. The van der Waals surface area contributed by atoms with Crippen molar-refractivity contribution >= 4 is 29.3 Å². The van der Waals surface area contributed by atoms with Crippen molar-refractivity contribution < 1.29 is 48.4 Å². The molecule has 2 aromatic rings. The fourth-order valence-corrected chi connectivity index (χ4v) is 4.95. The Labute approximate surface area is 218 Å². The van der Waals surface area contributed by atoms with Crippen LogP contribution in [0.2, 0.25) is 0 Å². The number of carbonyl (C=O) groups excluding carboxylic acids is 5. The highest BCUT2D eigenvalue weighted by molar-refractivity contribution is 6.30. The van der Waals surface area contributed by atoms with Crippen LogP contribution in [0.5, 0.6) is 11.5 Å². The van der Waals surface area contributed by atoms with E-state index in [1.165, 1.54) is 12.1 Å². The van der Waals surface area contributed by atoms with Gasteiger partial charge in [-0.2, -0.15) is 0 Å². The minimum atomic E-state index is -2.17. The van der Waals surface area contributed by atoms with Crippen LogP contribution in [0, 0.1) is 0 Å². The summed E-state index contributed by atoms with van der Waals surface area (Å²) in [7, 11) is 0. The Hall–Kier alpha value is -3.89. The quantitative estimate of drug-likeness (QED) is 0.376. The van der Waals surface area contributed by atoms with Crippen molar-refractivity contribution in [2.45, 2.75) is 64.8 Å². The van der Waals surface area contributed by atoms with Crippen molar-refractivity contribution in [3.8, 4) is 11.5 Å². The molecule has 2 atom stereocenters. The topological polar surface area (TPSA) is 154 Å². The van der Waals surface area contributed by atoms with E-state index in [-0.39, 0.29) is 40.0 Å². The SMILES string of the molecule is CC(=O)OCC(=O)[C@]1(O)Cc2c(O)c3c(c(OC(C)=O)c2[C@@H](OC(C)(C)C)C1)C(=O)c1ccccc1C3=O. The van der Waals surface area contributed by atoms with Gasteiger partial charge < -0.3 is 24.4 Å². The number of benzene rings is 2. The largest absolute Gasteiger partial charge is 0.507 e. The molecule has 10 nitrogen and oxygen atoms in total. The van der Waals surface area contributed by atoms with E-state index >= 15 is 0 Å². The highest BCUT2D eigenvalue weighted by Gasteiger charge is 2.50. The highest BCUT2D eigenvalue weighted by atomic mass is 16.5. The molecule has 0 bridgehead atoms. The predicted octanol–water partition coefficient (Wildman–Crippen LogP) is 2.76. The molecule has 0 amide bonds. The van der Waals surface area contributed by atoms with Gasteiger partial charge in [-0.3, -0.25) is 24.0 Å². The lowest BCUT2D eigenvalue weighted by Crippen LogP contribution is -2.48. The van der Waals surface area contributed by atoms with Crippen LogP contribution in [0.4, 0.5) is 0 Å². The smallest absolute Gasteiger partial charge is 0.308 e. The Morgan fingerprint density at radius 3 is 2.11 bits per heavy atom. The summed E-state index contributed by atoms with van der Waals surface area (Å²) in [4.78, 5) is 63.6. The zero-order valence-corrected chi connectivity index (χ0v) is 21.7. The summed E-state index contributed by atoms with van der Waals surface area (Å²) < 4.78 is 16.5. The number of aliphatic hydroxyl groups is 1. The third-order valence-electron chi connectivity index (χ3n) is 6.42. The molecule has 38 heavy (non-hydrogen) atoms. The second kappa shape index (κ2) is 9.45. The van der Waals surface area contributed by atoms with Crippen molar-refractivity contribution in [2.75, 3.05) is 6.61 Å². The molecule has 0 heterocycles. The summed E-state index contributed by atoms with van der Waals surface area (Å²) in [6, 6.07) is 6.05. The standard InChI is InChI=1S/C28H28O10/c1-13(29)36-12-19(31)28(35)10-17-20(18(11-28)38-27(3,4)5)26(37-14(2)30)22-21(25(17)34)23(32)15-8-6-7-9-16(15)24(22)33/h6-9,18,34-35H,10-12H2,1-5H3/t18-,28-/m0/s1. The predicted molar refractivity (Wildman–Crippen MR) is 131 cm³/mol. The Balaban J connectivity index is 2.02. The van der Waals surface area contributed by atoms with E-state index in [1.807, 2.05) is 0 Å². The van der Waals surface area contributed by atoms with E-state index in [9.17, 15) is 34.2 Å². The second-order valence-corrected chi connectivity index (χ2v) is 10.5. The van der Waals surface area contributed by atoms with E-state index in [2.05, 4.69) is 0 Å². The Morgan fingerprint density at radius 2 is 1.58 bits per heavy atom. The fraction of sp³-hybridized carbons (Fsp3) is 0.393. The number of esters is 2. The second-order valence-electron chi connectivity index (χ2n) is 10.5. The summed E-state index contributed by atoms with van der Waals surface area (Å²) in [6.45, 7) is 6.66. The molecule has 0 spiro atoms. The minimum Gasteiger partial charge on any atom is -0.507 e. The lowest BCUT2D eigenvalue weighted by molar-refractivity contribution is -0.159. The van der Waals surface area contributed by atoms with Gasteiger partial charge in [-0.05, 0) is 20.8 Å². The Bertz CT molecular complexity index is 1400. The number of carbonyl (C=O) groups is 5. The minimum absolute atomic E-state index is 0.0496. The van der Waals surface area contributed by atoms with Gasteiger partial charge in [0.05, 0.1) is 22.8 Å². The summed E-state index contributed by atoms with van der Waals surface area (Å²) in [5.41, 5.74) is -3.59. The third kappa shape index (κ3) is 4.72. The van der Waals surface area contributed by atoms with E-state index in [0.717, 1.165) is 13.8 Å². The molecule has 0 unspecified atom stereocenters. The molecule has 0 radical (unpaired) electrons. The molecule has 2 aliphatic carbocycles. The maximum Gasteiger partial charge on any atom is 0.308 e. The van der Waals surface area contributed by atoms with Crippen molar-refractivity contribution in [2.24, 2.45) is 0 Å². The zero-order valence-electron chi connectivity index (χ0n) is 21.7. The van der Waals surface area contributed by atoms with Crippen LogP contribution in [0.15, 0.2) is 24.3 Å². The molecule has 2 aliphatic rings. The van der Waals surface area contributed by atoms with Gasteiger partial charge >= 0.3 is 11.9 Å². The van der Waals surface area contributed by atoms with Gasteiger partial charge in [0.15, 0.2) is 18.2 Å². The van der Waals surface area contributed by atoms with Gasteiger partial charge in [-0.15, -0.1) is 0 Å². The molecule has 0 saturated carbocycles. The lowest BCUT2D eigenvalue weighted by atomic mass is 9.71. The first-order valence-electron chi connectivity index (χ1n) is 12.0. The highest BCUT2D eigenvalue weighted by Crippen LogP contribution is 2.52. The number of hydrogen-bond donors (Lipinski definition) is 2. The van der Waals surface area contributed by atoms with Crippen LogP contribution >= 0.6 is 0 Å². The van der Waals surface area contributed by atoms with Gasteiger partial charge in [-0.25, -0.2) is 0 Å². The maximum atomic E-state index is 13.6. The van der Waals surface area contributed by atoms with Crippen LogP contribution in [0.25, 0.3) is 0 Å². The van der Waals surface area contributed by atoms with Crippen LogP contribution < -0.4 is 4.74 Å². The molecule has 10 heteroatoms. The Morgan fingerprint density at radius 1 is 1.00 bits per heavy atom. The molecule has 4 rings (SSSR count). The molecule has 0 fully saturated rings. The average molecular weight is 525 g/mol. The van der Waals surface area contributed by atoms with Gasteiger partial charge in [0.1, 0.15) is 17.1 Å². The average Bonchev–Trinajstić information content (AvgIpc) is 2.81. The van der Waals surface area contributed by atoms with Gasteiger partial charge in [-0.1, -0.05) is 24.3 Å². The molecular weight excluding hydrogens is 496 g/mol. The maximum absolute atomic E-state index is 13.6. The first kappa shape index (κ1) is 27.2. The summed E-state index contributed by atoms with van der Waals surface area (Å²) >= 11 is 0. The number of ketones is 3. The van der Waals surface area contributed by atoms with Crippen molar-refractivity contribution in [1.29, 1.82) is 0 Å². The summed E-state index contributed by atoms with van der Waals surface area (Å²) in [6.07, 6.45) is -2.03. The summed E-state index contributed by atoms with van der Waals surface area (Å²) in [5, 5.41) is 22.9. The fourth-order valence-electron chi connectivity index (χ4n) is 4.95. The first-order chi connectivity index (χ1) is 17.6. The zero-order chi connectivity index (χ0) is 28.2. The molecule has 0 saturated heterocycles. The molecule has 0 aliphatic heterocycles. The molecule has 0 aromatic heterocycles. The van der Waals surface area contributed by atoms with Crippen LogP contribution in [0.3, 0.4) is 0 Å². The number of Topliss-reactive ketones (excluding diaryl/α,β-unsaturated/α-hetero) is 1. The normalized spacial score (nSPS) is 20.2. The van der Waals surface area contributed by atoms with Crippen molar-refractivity contribution in [3.05, 3.63) is 57.6 Å². The molecular formula is C28H28O10. The Kier molecular flexibility index (Phi) is 6.75. The van der Waals surface area contributed by atoms with Crippen LogP contribution in [0.1, 0.15) is 90.1 Å². The summed E-state index contributed by atoms with van der Waals surface area (Å²) in [5.74, 6) is -4.57. The first-order valence-corrected chi connectivity index (χ1v) is 12.0. The molecule has 2 aromatic carbocycles. The van der Waals surface area contributed by atoms with Gasteiger partial charge in [0.25, 0.3) is 0 Å². The van der Waals surface area contributed by atoms with Crippen LogP contribution in [-0.4, -0.2) is 57.3 Å². The van der Waals surface area contributed by atoms with Crippen molar-refractivity contribution in [3.63, 3.8) is 0 Å². The van der Waals surface area contributed by atoms with Crippen LogP contribution in [-0.2, 0) is 30.3 Å². The third-order valence-corrected chi connectivity index (χ3v) is 6.42. The van der Waals surface area contributed by atoms with Gasteiger partial charge in [0.2, 0.25) is 5.78 Å². The monoisotopic (exact) mass is 524 g/mol. The lowest BCUT2D eigenvalue weighted by Gasteiger charge is -2.41. The van der Waals surface area contributed by atoms with Crippen molar-refractivity contribution in [1.82, 2.24) is 0 Å². The number of fused-ring (bicyclic) bond motifs is 3. The molecule has 2 N–H and O–H groups in total. The number of rotatable bonds is 5. The number of phenolic OH excluding ortho intramolecular Hbond substituents is 1. The van der Waals surface area contributed by atoms with E-state index in [4.69, 9.17) is 14.2 Å². The van der Waals surface area contributed by atoms with E-state index in [1.54, 1.807) is 32.9 Å². The van der Waals surface area contributed by atoms with E-state index < -0.39 is 70.9 Å². The van der Waals surface area contributed by atoms with Gasteiger partial charge in [0, 0.05) is 48.9 Å². The molecule has 200 valence electrons. The number of hydrogen-bond acceptors (Lipinski definition) is 10. The van der Waals surface area contributed by atoms with E-state index in [0.29, 0.717) is 0 Å². The number of aromatic hydroxyl groups is 1.